The molecule has 3 saturated heterocycles. The van der Waals surface area contributed by atoms with Crippen molar-refractivity contribution in [2.75, 3.05) is 24.6 Å². The number of fused-ring (bicyclic) bond motifs is 2. The van der Waals surface area contributed by atoms with E-state index in [0.717, 1.165) is 12.1 Å². The smallest absolute Gasteiger partial charge is 0.277 e. The molecule has 21 heteroatoms. The lowest BCUT2D eigenvalue weighted by Crippen LogP contribution is -3.16. The van der Waals surface area contributed by atoms with Gasteiger partial charge < -0.3 is 62.9 Å². The Morgan fingerprint density at radius 3 is 2.28 bits per heavy atom. The number of anilines is 1. The van der Waals surface area contributed by atoms with Crippen LogP contribution >= 0.6 is 0 Å². The van der Waals surface area contributed by atoms with Crippen LogP contribution in [0, 0.1) is 32.1 Å². The molecule has 2 aromatic rings. The Morgan fingerprint density at radius 1 is 1.04 bits per heavy atom. The van der Waals surface area contributed by atoms with Gasteiger partial charge in [0.1, 0.15) is 6.04 Å². The molecule has 1 aliphatic carbocycles. The number of amides is 3. The number of para-hydroxylation sites is 1. The number of ether oxygens (including phenoxy) is 1. The van der Waals surface area contributed by atoms with Crippen LogP contribution in [0.2, 0.25) is 0 Å². The Hall–Kier alpha value is -5.42. The van der Waals surface area contributed by atoms with Gasteiger partial charge in [0.15, 0.2) is 0 Å². The van der Waals surface area contributed by atoms with Gasteiger partial charge in [-0.3, -0.25) is 34.6 Å². The Kier molecular flexibility index (Phi) is 13.3. The van der Waals surface area contributed by atoms with Gasteiger partial charge in [-0.15, -0.1) is 0 Å². The largest absolute Gasteiger partial charge is 0.548 e. The SMILES string of the molecule is NC(=O)C[C@H](NC(=O)c1cc([N+](=O)[O-])cc([N+](=O)[O-])c1)C(=O)[O-].O.O.O.O.O.O=C1C[C@@H]2OCC=C3C[NH+]4CC[C@]56c7ccccc7N1[C@H]5[C@H]2[C@H]3C[C@H]46. The lowest BCUT2D eigenvalue weighted by atomic mass is 9.53. The van der Waals surface area contributed by atoms with Crippen molar-refractivity contribution in [3.63, 3.8) is 0 Å². The zero-order chi connectivity index (χ0) is 34.1. The number of carbonyl (C=O) groups excluding carboxylic acids is 4. The predicted octanol–water partition coefficient (Wildman–Crippen LogP) is -5.22. The Morgan fingerprint density at radius 2 is 1.68 bits per heavy atom. The van der Waals surface area contributed by atoms with Gasteiger partial charge in [-0.1, -0.05) is 24.3 Å². The maximum absolute atomic E-state index is 13.2. The summed E-state index contributed by atoms with van der Waals surface area (Å²) in [5.74, 6) is -2.63. The first-order chi connectivity index (χ1) is 22.9. The Balaban J connectivity index is 0.000000337. The summed E-state index contributed by atoms with van der Waals surface area (Å²) in [6, 6.07) is 10.1. The number of nitro groups is 2. The van der Waals surface area contributed by atoms with Crippen LogP contribution in [0.15, 0.2) is 54.1 Å². The molecule has 2 aromatic carbocycles. The summed E-state index contributed by atoms with van der Waals surface area (Å²) in [5, 5.41) is 34.1. The Bertz CT molecular complexity index is 1790. The molecule has 290 valence electrons. The second-order valence-electron chi connectivity index (χ2n) is 13.2. The topological polar surface area (TPSA) is 390 Å². The number of nitro benzene ring substituents is 2. The van der Waals surface area contributed by atoms with Crippen LogP contribution in [0.4, 0.5) is 17.1 Å². The molecular formula is C32H42N6O15. The van der Waals surface area contributed by atoms with Gasteiger partial charge in [-0.2, -0.15) is 0 Å². The van der Waals surface area contributed by atoms with Crippen molar-refractivity contribution >= 4 is 40.8 Å². The third kappa shape index (κ3) is 6.93. The molecule has 1 saturated carbocycles. The van der Waals surface area contributed by atoms with E-state index in [4.69, 9.17) is 10.5 Å². The lowest BCUT2D eigenvalue weighted by Gasteiger charge is -2.56. The van der Waals surface area contributed by atoms with E-state index < -0.39 is 57.0 Å². The van der Waals surface area contributed by atoms with Gasteiger partial charge in [0.25, 0.3) is 17.3 Å². The molecule has 5 heterocycles. The highest BCUT2D eigenvalue weighted by Crippen LogP contribution is 2.62. The van der Waals surface area contributed by atoms with Gasteiger partial charge in [0.05, 0.1) is 83.6 Å². The molecule has 1 unspecified atom stereocenters. The number of nitrogens with zero attached hydrogens (tertiary/aromatic N) is 3. The lowest BCUT2D eigenvalue weighted by molar-refractivity contribution is -0.916. The highest BCUT2D eigenvalue weighted by atomic mass is 16.6. The van der Waals surface area contributed by atoms with Crippen LogP contribution in [0.25, 0.3) is 0 Å². The summed E-state index contributed by atoms with van der Waals surface area (Å²) in [6.45, 7) is 3.15. The number of carboxylic acids is 1. The molecule has 21 nitrogen and oxygen atoms in total. The summed E-state index contributed by atoms with van der Waals surface area (Å²) < 4.78 is 6.26. The van der Waals surface area contributed by atoms with Crippen molar-refractivity contribution in [1.29, 1.82) is 0 Å². The number of nitrogens with two attached hydrogens (primary N) is 1. The minimum atomic E-state index is -1.81. The number of hydrogen-bond donors (Lipinski definition) is 3. The molecule has 53 heavy (non-hydrogen) atoms. The Labute approximate surface area is 300 Å². The van der Waals surface area contributed by atoms with E-state index in [9.17, 15) is 44.5 Å². The van der Waals surface area contributed by atoms with Crippen molar-refractivity contribution in [2.24, 2.45) is 17.6 Å². The van der Waals surface area contributed by atoms with Crippen LogP contribution < -0.4 is 26.0 Å². The summed E-state index contributed by atoms with van der Waals surface area (Å²) in [4.78, 5) is 70.1. The molecule has 4 fully saturated rings. The van der Waals surface area contributed by atoms with Crippen molar-refractivity contribution in [1.82, 2.24) is 5.32 Å². The van der Waals surface area contributed by atoms with Crippen molar-refractivity contribution < 1.29 is 71.1 Å². The number of carboxylic acid groups (broad SMARTS) is 1. The monoisotopic (exact) mass is 750 g/mol. The number of rotatable bonds is 7. The molecular weight excluding hydrogens is 708 g/mol. The zero-order valence-corrected chi connectivity index (χ0v) is 28.0. The van der Waals surface area contributed by atoms with Gasteiger partial charge in [-0.05, 0) is 23.1 Å². The number of piperidine rings is 2. The molecule has 8 atom stereocenters. The number of carbonyl (C=O) groups is 4. The van der Waals surface area contributed by atoms with E-state index in [-0.39, 0.29) is 44.8 Å². The maximum Gasteiger partial charge on any atom is 0.277 e. The second-order valence-corrected chi connectivity index (χ2v) is 13.2. The standard InChI is InChI=1S/C21H22N2O2.C11H10N4O8.5H2O/c24-18-10-16-19-13-9-17-21(6-7-22(17)11-12(13)5-8-25-16)14-3-1-2-4-15(14)23(18)20(19)21;12-9(16)4-8(11(18)19)13-10(17)5-1-6(14(20)21)3-7(2-5)15(22)23;;;;;/h1-5,13,16-17,19-20H,6-11H2;1-3,8H,4H2,(H2,12,16)(H,13,17)(H,18,19);5*1H2/t13-,16-,17-,19-,20-,21+;8-;;;;;/m00...../s1. The fourth-order valence-electron chi connectivity index (χ4n) is 9.30. The van der Waals surface area contributed by atoms with Gasteiger partial charge >= 0.3 is 0 Å². The highest BCUT2D eigenvalue weighted by Gasteiger charge is 2.73. The van der Waals surface area contributed by atoms with E-state index in [1.54, 1.807) is 10.5 Å². The average Bonchev–Trinajstić information content (AvgIpc) is 3.52. The van der Waals surface area contributed by atoms with Crippen LogP contribution in [0.1, 0.15) is 41.6 Å². The normalized spacial score (nSPS) is 27.6. The molecule has 0 radical (unpaired) electrons. The molecule has 0 aromatic heterocycles. The van der Waals surface area contributed by atoms with Crippen molar-refractivity contribution in [2.45, 2.75) is 55.3 Å². The highest BCUT2D eigenvalue weighted by molar-refractivity contribution is 5.99. The number of aliphatic carboxylic acids is 1. The fourth-order valence-corrected chi connectivity index (χ4v) is 9.30. The average molecular weight is 751 g/mol. The first-order valence-corrected chi connectivity index (χ1v) is 15.7. The fraction of sp³-hybridized carbons (Fsp3) is 0.438. The number of non-ortho nitro benzene ring substituents is 2. The van der Waals surface area contributed by atoms with Crippen molar-refractivity contribution in [3.05, 3.63) is 85.5 Å². The van der Waals surface area contributed by atoms with E-state index in [2.05, 4.69) is 35.2 Å². The van der Waals surface area contributed by atoms with Crippen LogP contribution in [-0.2, 0) is 24.5 Å². The van der Waals surface area contributed by atoms with Gasteiger partial charge in [0.2, 0.25) is 11.8 Å². The maximum atomic E-state index is 13.2. The minimum absolute atomic E-state index is 0. The molecule has 8 rings (SSSR count). The molecule has 5 aliphatic heterocycles. The number of hydrogen-bond acceptors (Lipinski definition) is 10. The number of primary amides is 1. The molecule has 1 spiro atoms. The van der Waals surface area contributed by atoms with Crippen LogP contribution in [0.5, 0.6) is 0 Å². The third-order valence-electron chi connectivity index (χ3n) is 11.0. The first-order valence-electron chi connectivity index (χ1n) is 15.7. The van der Waals surface area contributed by atoms with Crippen molar-refractivity contribution in [3.8, 4) is 0 Å². The number of nitrogens with one attached hydrogen (secondary N) is 2. The molecule has 14 N–H and O–H groups in total. The molecule has 3 amide bonds. The summed E-state index contributed by atoms with van der Waals surface area (Å²) in [5.41, 5.74) is 7.28. The molecule has 2 bridgehead atoms. The summed E-state index contributed by atoms with van der Waals surface area (Å²) in [6.07, 6.45) is 4.77. The third-order valence-corrected chi connectivity index (χ3v) is 11.0. The van der Waals surface area contributed by atoms with E-state index >= 15 is 0 Å². The molecule has 6 aliphatic rings. The van der Waals surface area contributed by atoms with Gasteiger partial charge in [-0.25, -0.2) is 0 Å². The summed E-state index contributed by atoms with van der Waals surface area (Å²) >= 11 is 0. The predicted molar refractivity (Wildman–Crippen MR) is 180 cm³/mol. The zero-order valence-electron chi connectivity index (χ0n) is 28.0. The van der Waals surface area contributed by atoms with Gasteiger partial charge in [0, 0.05) is 36.6 Å². The van der Waals surface area contributed by atoms with Crippen LogP contribution in [-0.4, -0.2) is 105 Å². The summed E-state index contributed by atoms with van der Waals surface area (Å²) in [7, 11) is 0. The van der Waals surface area contributed by atoms with E-state index in [0.29, 0.717) is 43.0 Å². The number of quaternary nitrogens is 1. The van der Waals surface area contributed by atoms with Crippen LogP contribution in [0.3, 0.4) is 0 Å². The number of benzene rings is 2. The second kappa shape index (κ2) is 16.1. The van der Waals surface area contributed by atoms with E-state index in [1.165, 1.54) is 37.2 Å². The first kappa shape index (κ1) is 43.7. The van der Waals surface area contributed by atoms with E-state index in [1.807, 2.05) is 5.32 Å². The minimum Gasteiger partial charge on any atom is -0.548 e. The quantitative estimate of drug-likeness (QED) is 0.137.